The van der Waals surface area contributed by atoms with E-state index in [-0.39, 0.29) is 12.8 Å². The minimum absolute atomic E-state index is 0.220. The van der Waals surface area contributed by atoms with E-state index in [1.165, 1.54) is 27.7 Å². The number of aliphatic carboxylic acids is 2. The molecule has 0 saturated heterocycles. The van der Waals surface area contributed by atoms with E-state index in [1.807, 2.05) is 0 Å². The molecular weight excluding hydrogens is 402 g/mol. The molecule has 0 unspecified atom stereocenters. The van der Waals surface area contributed by atoms with Gasteiger partial charge in [0.25, 0.3) is 0 Å². The van der Waals surface area contributed by atoms with Crippen LogP contribution in [0.3, 0.4) is 0 Å². The molecule has 0 saturated carbocycles. The van der Waals surface area contributed by atoms with Crippen LogP contribution in [0.2, 0.25) is 0 Å². The average Bonchev–Trinajstić information content (AvgIpc) is 2.52. The van der Waals surface area contributed by atoms with E-state index in [0.717, 1.165) is 0 Å². The van der Waals surface area contributed by atoms with Gasteiger partial charge in [0.2, 0.25) is 0 Å². The van der Waals surface area contributed by atoms with E-state index in [1.54, 1.807) is 0 Å². The Balaban J connectivity index is 7.63. The number of carboxylic acids is 2. The normalized spacial score (nSPS) is 14.2. The van der Waals surface area contributed by atoms with Gasteiger partial charge in [0, 0.05) is 11.8 Å². The van der Waals surface area contributed by atoms with Crippen LogP contribution in [0.25, 0.3) is 0 Å². The van der Waals surface area contributed by atoms with E-state index in [4.69, 9.17) is 5.11 Å². The van der Waals surface area contributed by atoms with Gasteiger partial charge in [-0.1, -0.05) is 27.7 Å². The smallest absolute Gasteiger partial charge is 0.345 e. The molecule has 0 atom stereocenters. The van der Waals surface area contributed by atoms with Gasteiger partial charge >= 0.3 is 27.1 Å². The van der Waals surface area contributed by atoms with Crippen molar-refractivity contribution in [2.24, 2.45) is 10.8 Å². The maximum absolute atomic E-state index is 12.8. The van der Waals surface area contributed by atoms with Gasteiger partial charge < -0.3 is 29.8 Å². The summed E-state index contributed by atoms with van der Waals surface area (Å²) in [7, 11) is -11.6. The zero-order valence-corrected chi connectivity index (χ0v) is 17.7. The first-order chi connectivity index (χ1) is 12.1. The Hall–Kier alpha value is -0.760. The van der Waals surface area contributed by atoms with Crippen molar-refractivity contribution in [1.29, 1.82) is 0 Å². The van der Waals surface area contributed by atoms with Gasteiger partial charge in [0.15, 0.2) is 4.90 Å². The molecule has 0 bridgehead atoms. The zero-order chi connectivity index (χ0) is 21.9. The van der Waals surface area contributed by atoms with Crippen molar-refractivity contribution in [3.63, 3.8) is 0 Å². The number of rotatable bonds is 12. The minimum atomic E-state index is -5.79. The minimum Gasteiger partial charge on any atom is -0.481 e. The first-order valence-electron chi connectivity index (χ1n) is 8.67. The number of hydrogen-bond donors (Lipinski definition) is 6. The highest BCUT2D eigenvalue weighted by Crippen LogP contribution is 2.84. The van der Waals surface area contributed by atoms with Crippen molar-refractivity contribution >= 4 is 27.1 Å². The molecule has 0 aromatic rings. The van der Waals surface area contributed by atoms with E-state index in [0.29, 0.717) is 0 Å². The number of hydrogen-bond acceptors (Lipinski definition) is 4. The van der Waals surface area contributed by atoms with E-state index in [9.17, 15) is 43.4 Å². The molecule has 0 aromatic carbocycles. The zero-order valence-electron chi connectivity index (χ0n) is 16.0. The highest BCUT2D eigenvalue weighted by molar-refractivity contribution is 7.72. The third-order valence-electron chi connectivity index (χ3n) is 6.04. The molecule has 6 N–H and O–H groups in total. The Kier molecular flexibility index (Phi) is 8.47. The molecular formula is C15H30O10P2. The number of carbonyl (C=O) groups is 2. The van der Waals surface area contributed by atoms with E-state index in [2.05, 4.69) is 0 Å². The highest BCUT2D eigenvalue weighted by atomic mass is 31.2. The summed E-state index contributed by atoms with van der Waals surface area (Å²) < 4.78 is 25.5. The van der Waals surface area contributed by atoms with Crippen LogP contribution >= 0.6 is 15.2 Å². The molecule has 10 nitrogen and oxygen atoms in total. The lowest BCUT2D eigenvalue weighted by Crippen LogP contribution is -2.61. The fourth-order valence-corrected chi connectivity index (χ4v) is 10.1. The van der Waals surface area contributed by atoms with Crippen LogP contribution in [-0.2, 0) is 18.7 Å². The Bertz CT molecular complexity index is 617. The van der Waals surface area contributed by atoms with Crippen LogP contribution in [0.5, 0.6) is 0 Å². The van der Waals surface area contributed by atoms with Crippen LogP contribution in [0.1, 0.15) is 66.2 Å². The lowest BCUT2D eigenvalue weighted by Gasteiger charge is -2.57. The lowest BCUT2D eigenvalue weighted by atomic mass is 9.62. The van der Waals surface area contributed by atoms with Gasteiger partial charge in [-0.3, -0.25) is 18.7 Å². The summed E-state index contributed by atoms with van der Waals surface area (Å²) in [5, 5.41) is 19.0. The molecule has 0 rings (SSSR count). The summed E-state index contributed by atoms with van der Waals surface area (Å²) in [5.74, 6) is -3.05. The fraction of sp³-hybridized carbons (Fsp3) is 0.867. The summed E-state index contributed by atoms with van der Waals surface area (Å²) in [6, 6.07) is 0. The summed E-state index contributed by atoms with van der Waals surface area (Å²) >= 11 is 0. The van der Waals surface area contributed by atoms with Crippen molar-refractivity contribution in [2.75, 3.05) is 0 Å². The van der Waals surface area contributed by atoms with E-state index < -0.39 is 68.5 Å². The molecule has 12 heteroatoms. The molecule has 0 aliphatic heterocycles. The van der Waals surface area contributed by atoms with Gasteiger partial charge in [0.1, 0.15) is 0 Å². The predicted molar refractivity (Wildman–Crippen MR) is 97.4 cm³/mol. The lowest BCUT2D eigenvalue weighted by molar-refractivity contribution is -0.155. The quantitative estimate of drug-likeness (QED) is 0.250. The Labute approximate surface area is 158 Å². The topological polar surface area (TPSA) is 190 Å². The Morgan fingerprint density at radius 2 is 1.15 bits per heavy atom. The number of carboxylic acid groups (broad SMARTS) is 2. The Morgan fingerprint density at radius 1 is 0.778 bits per heavy atom. The van der Waals surface area contributed by atoms with Gasteiger partial charge in [0.05, 0.1) is 5.41 Å². The maximum Gasteiger partial charge on any atom is 0.345 e. The van der Waals surface area contributed by atoms with Crippen molar-refractivity contribution in [3.8, 4) is 0 Å². The molecule has 27 heavy (non-hydrogen) atoms. The fourth-order valence-electron chi connectivity index (χ4n) is 4.66. The van der Waals surface area contributed by atoms with Gasteiger partial charge in [-0.25, -0.2) is 0 Å². The summed E-state index contributed by atoms with van der Waals surface area (Å²) in [4.78, 5) is 61.2. The molecule has 0 fully saturated rings. The summed E-state index contributed by atoms with van der Waals surface area (Å²) in [6.07, 6.45) is -2.45. The second kappa shape index (κ2) is 8.72. The van der Waals surface area contributed by atoms with Crippen LogP contribution in [0.4, 0.5) is 0 Å². The first-order valence-corrected chi connectivity index (χ1v) is 11.9. The van der Waals surface area contributed by atoms with Crippen molar-refractivity contribution in [2.45, 2.75) is 71.1 Å². The molecule has 0 aromatic heterocycles. The molecule has 0 radical (unpaired) electrons. The largest absolute Gasteiger partial charge is 0.481 e. The van der Waals surface area contributed by atoms with Crippen LogP contribution in [-0.4, -0.2) is 46.6 Å². The Morgan fingerprint density at radius 3 is 1.33 bits per heavy atom. The average molecular weight is 432 g/mol. The third kappa shape index (κ3) is 3.88. The maximum atomic E-state index is 12.8. The molecule has 0 aliphatic carbocycles. The second-order valence-corrected chi connectivity index (χ2v) is 10.6. The first kappa shape index (κ1) is 26.2. The molecule has 0 aliphatic rings. The van der Waals surface area contributed by atoms with Crippen LogP contribution in [0.15, 0.2) is 0 Å². The summed E-state index contributed by atoms with van der Waals surface area (Å²) in [5.41, 5.74) is -4.39. The third-order valence-corrected chi connectivity index (χ3v) is 11.1. The van der Waals surface area contributed by atoms with Crippen molar-refractivity contribution < 1.29 is 48.5 Å². The van der Waals surface area contributed by atoms with Gasteiger partial charge in [-0.15, -0.1) is 0 Å². The predicted octanol–water partition coefficient (Wildman–Crippen LogP) is 2.60. The van der Waals surface area contributed by atoms with Crippen molar-refractivity contribution in [3.05, 3.63) is 0 Å². The molecule has 160 valence electrons. The molecule has 0 amide bonds. The van der Waals surface area contributed by atoms with Crippen LogP contribution in [0, 0.1) is 10.8 Å². The summed E-state index contributed by atoms with van der Waals surface area (Å²) in [6.45, 7) is 5.43. The monoisotopic (exact) mass is 432 g/mol. The molecule has 0 heterocycles. The highest BCUT2D eigenvalue weighted by Gasteiger charge is 2.80. The van der Waals surface area contributed by atoms with Gasteiger partial charge in [-0.05, 0) is 32.1 Å². The molecule has 0 spiro atoms. The second-order valence-electron chi connectivity index (χ2n) is 6.74. The van der Waals surface area contributed by atoms with E-state index >= 15 is 0 Å². The van der Waals surface area contributed by atoms with Gasteiger partial charge in [-0.2, -0.15) is 0 Å². The van der Waals surface area contributed by atoms with Crippen molar-refractivity contribution in [1.82, 2.24) is 0 Å². The van der Waals surface area contributed by atoms with Crippen LogP contribution < -0.4 is 0 Å². The standard InChI is InChI=1S/C15H30O10P2/c1-5-13(6-2,10-9-11(16)17)15(26(20,21)22,27(23,24)25)14(7-3,8-4)12(18)19/h5-10H2,1-4H3,(H,16,17)(H,18,19)(H2,20,21,22)(H2,23,24,25). The SMILES string of the molecule is CCC(CC)(CCC(=O)O)C(C(CC)(CC)C(=O)O)(P(=O)(O)O)P(=O)(O)O.